The van der Waals surface area contributed by atoms with Crippen LogP contribution in [0.25, 0.3) is 0 Å². The van der Waals surface area contributed by atoms with Crippen LogP contribution in [0.5, 0.6) is 11.5 Å². The summed E-state index contributed by atoms with van der Waals surface area (Å²) in [5.41, 5.74) is 1.24. The van der Waals surface area contributed by atoms with Gasteiger partial charge in [0.05, 0.1) is 4.90 Å². The molecule has 0 radical (unpaired) electrons. The largest absolute Gasteiger partial charge is 1.00 e. The first-order chi connectivity index (χ1) is 14.5. The van der Waals surface area contributed by atoms with E-state index in [-0.39, 0.29) is 34.5 Å². The number of hydrogen-bond donors (Lipinski definition) is 0. The second kappa shape index (κ2) is 15.9. The minimum Gasteiger partial charge on any atom is -0.744 e. The van der Waals surface area contributed by atoms with E-state index in [4.69, 9.17) is 4.74 Å². The average molecular weight is 455 g/mol. The first kappa shape index (κ1) is 28.2. The molecule has 166 valence electrons. The summed E-state index contributed by atoms with van der Waals surface area (Å²) in [7, 11) is -4.43. The Bertz CT molecular complexity index is 835. The maximum atomic E-state index is 11.0. The molecule has 6 heteroatoms. The summed E-state index contributed by atoms with van der Waals surface area (Å²) < 4.78 is 38.8. The molecule has 0 aliphatic carbocycles. The Kier molecular flexibility index (Phi) is 14.4. The third kappa shape index (κ3) is 12.1. The van der Waals surface area contributed by atoms with Gasteiger partial charge in [0.2, 0.25) is 0 Å². The summed E-state index contributed by atoms with van der Waals surface area (Å²) in [6, 6.07) is 13.5. The van der Waals surface area contributed by atoms with Gasteiger partial charge in [0.25, 0.3) is 0 Å². The molecule has 2 rings (SSSR count). The van der Waals surface area contributed by atoms with Crippen LogP contribution in [0.3, 0.4) is 0 Å². The summed E-state index contributed by atoms with van der Waals surface area (Å²) in [6.45, 7) is 2.26. The number of aryl methyl sites for hydroxylation is 1. The summed E-state index contributed by atoms with van der Waals surface area (Å²) in [5, 5.41) is 0. The summed E-state index contributed by atoms with van der Waals surface area (Å²) in [6.07, 6.45) is 15.7. The third-order valence-corrected chi connectivity index (χ3v) is 6.17. The van der Waals surface area contributed by atoms with Gasteiger partial charge in [0, 0.05) is 0 Å². The topological polar surface area (TPSA) is 66.4 Å². The van der Waals surface area contributed by atoms with Crippen molar-refractivity contribution in [2.45, 2.75) is 88.9 Å². The number of ether oxygens (including phenoxy) is 1. The molecule has 2 aromatic carbocycles. The molecule has 0 heterocycles. The van der Waals surface area contributed by atoms with Crippen molar-refractivity contribution >= 4 is 10.1 Å². The Labute approximate surface area is 210 Å². The van der Waals surface area contributed by atoms with Crippen LogP contribution in [-0.4, -0.2) is 13.0 Å². The summed E-state index contributed by atoms with van der Waals surface area (Å²) in [4.78, 5) is -0.250. The monoisotopic (exact) mass is 454 g/mol. The van der Waals surface area contributed by atoms with Crippen LogP contribution in [0.2, 0.25) is 0 Å². The van der Waals surface area contributed by atoms with Crippen LogP contribution >= 0.6 is 0 Å². The Morgan fingerprint density at radius 3 is 1.84 bits per heavy atom. The second-order valence-electron chi connectivity index (χ2n) is 7.96. The van der Waals surface area contributed by atoms with E-state index in [0.29, 0.717) is 11.5 Å². The van der Waals surface area contributed by atoms with Gasteiger partial charge in [-0.3, -0.25) is 0 Å². The van der Waals surface area contributed by atoms with Gasteiger partial charge in [0.1, 0.15) is 21.6 Å². The molecule has 0 fully saturated rings. The van der Waals surface area contributed by atoms with Crippen LogP contribution in [-0.2, 0) is 16.5 Å². The Hall–Kier alpha value is -0.850. The predicted octanol–water partition coefficient (Wildman–Crippen LogP) is 4.24. The molecule has 0 saturated heterocycles. The van der Waals surface area contributed by atoms with E-state index in [1.54, 1.807) is 0 Å². The van der Waals surface area contributed by atoms with E-state index in [9.17, 15) is 13.0 Å². The normalized spacial score (nSPS) is 11.2. The van der Waals surface area contributed by atoms with Crippen molar-refractivity contribution < 1.29 is 47.3 Å². The van der Waals surface area contributed by atoms with Crippen LogP contribution in [0.4, 0.5) is 0 Å². The van der Waals surface area contributed by atoms with Crippen molar-refractivity contribution in [2.75, 3.05) is 0 Å². The fourth-order valence-electron chi connectivity index (χ4n) is 3.57. The van der Waals surface area contributed by atoms with Gasteiger partial charge in [-0.1, -0.05) is 83.3 Å². The minimum absolute atomic E-state index is 0. The SMILES string of the molecule is CCCCCCCCCCCCCc1cccc(Oc2ccc(S(=O)(=O)[O-])cc2)c1.[Na+]. The van der Waals surface area contributed by atoms with E-state index in [0.717, 1.165) is 6.42 Å². The number of unbranched alkanes of at least 4 members (excludes halogenated alkanes) is 10. The molecule has 4 nitrogen and oxygen atoms in total. The van der Waals surface area contributed by atoms with E-state index in [1.165, 1.54) is 100 Å². The smallest absolute Gasteiger partial charge is 0.744 e. The molecule has 0 amide bonds. The van der Waals surface area contributed by atoms with Gasteiger partial charge in [-0.05, 0) is 54.8 Å². The van der Waals surface area contributed by atoms with Gasteiger partial charge < -0.3 is 9.29 Å². The Balaban J connectivity index is 0.00000480. The summed E-state index contributed by atoms with van der Waals surface area (Å²) in [5.74, 6) is 1.22. The molecular formula is C25H35NaO4S. The van der Waals surface area contributed by atoms with Crippen molar-refractivity contribution in [1.82, 2.24) is 0 Å². The number of hydrogen-bond acceptors (Lipinski definition) is 4. The molecule has 31 heavy (non-hydrogen) atoms. The maximum absolute atomic E-state index is 11.0. The molecule has 0 aliphatic heterocycles. The predicted molar refractivity (Wildman–Crippen MR) is 121 cm³/mol. The first-order valence-electron chi connectivity index (χ1n) is 11.3. The molecule has 0 spiro atoms. The van der Waals surface area contributed by atoms with E-state index in [2.05, 4.69) is 13.0 Å². The molecule has 0 N–H and O–H groups in total. The van der Waals surface area contributed by atoms with Crippen molar-refractivity contribution in [3.05, 3.63) is 54.1 Å². The zero-order chi connectivity index (χ0) is 21.7. The Morgan fingerprint density at radius 1 is 0.742 bits per heavy atom. The van der Waals surface area contributed by atoms with Gasteiger partial charge in [-0.2, -0.15) is 0 Å². The van der Waals surface area contributed by atoms with E-state index >= 15 is 0 Å². The average Bonchev–Trinajstić information content (AvgIpc) is 2.72. The standard InChI is InChI=1S/C25H36O4S.Na/c1-2-3-4-5-6-7-8-9-10-11-12-14-22-15-13-16-24(21-22)29-23-17-19-25(20-18-23)30(26,27)28;/h13,15-21H,2-12,14H2,1H3,(H,26,27,28);/q;+1/p-1. The van der Waals surface area contributed by atoms with E-state index < -0.39 is 10.1 Å². The molecule has 0 aromatic heterocycles. The van der Waals surface area contributed by atoms with Gasteiger partial charge in [0.15, 0.2) is 0 Å². The second-order valence-corrected chi connectivity index (χ2v) is 9.34. The Morgan fingerprint density at radius 2 is 1.29 bits per heavy atom. The quantitative estimate of drug-likeness (QED) is 0.229. The van der Waals surface area contributed by atoms with Gasteiger partial charge in [-0.25, -0.2) is 8.42 Å². The van der Waals surface area contributed by atoms with Gasteiger partial charge in [-0.15, -0.1) is 0 Å². The molecule has 2 aromatic rings. The van der Waals surface area contributed by atoms with Crippen LogP contribution < -0.4 is 34.3 Å². The molecular weight excluding hydrogens is 419 g/mol. The summed E-state index contributed by atoms with van der Waals surface area (Å²) >= 11 is 0. The van der Waals surface area contributed by atoms with Crippen molar-refractivity contribution in [2.24, 2.45) is 0 Å². The van der Waals surface area contributed by atoms with Crippen LogP contribution in [0.15, 0.2) is 53.4 Å². The minimum atomic E-state index is -4.43. The fraction of sp³-hybridized carbons (Fsp3) is 0.520. The van der Waals surface area contributed by atoms with Crippen molar-refractivity contribution in [1.29, 1.82) is 0 Å². The van der Waals surface area contributed by atoms with Crippen molar-refractivity contribution in [3.63, 3.8) is 0 Å². The van der Waals surface area contributed by atoms with Gasteiger partial charge >= 0.3 is 29.6 Å². The first-order valence-corrected chi connectivity index (χ1v) is 12.7. The van der Waals surface area contributed by atoms with Crippen LogP contribution in [0.1, 0.15) is 83.1 Å². The zero-order valence-corrected chi connectivity index (χ0v) is 22.0. The maximum Gasteiger partial charge on any atom is 1.00 e. The third-order valence-electron chi connectivity index (χ3n) is 5.32. The fourth-order valence-corrected chi connectivity index (χ4v) is 4.04. The molecule has 0 aliphatic rings. The van der Waals surface area contributed by atoms with E-state index in [1.807, 2.05) is 18.2 Å². The zero-order valence-electron chi connectivity index (χ0n) is 19.1. The number of rotatable bonds is 15. The number of benzene rings is 2. The van der Waals surface area contributed by atoms with Crippen molar-refractivity contribution in [3.8, 4) is 11.5 Å². The van der Waals surface area contributed by atoms with Crippen LogP contribution in [0, 0.1) is 0 Å². The molecule has 0 atom stereocenters. The molecule has 0 saturated carbocycles. The molecule has 0 bridgehead atoms. The molecule has 0 unspecified atom stereocenters.